The predicted octanol–water partition coefficient (Wildman–Crippen LogP) is 2.52. The monoisotopic (exact) mass is 232 g/mol. The third-order valence-corrected chi connectivity index (χ3v) is 3.39. The summed E-state index contributed by atoms with van der Waals surface area (Å²) >= 11 is 0. The molecule has 1 unspecified atom stereocenters. The molecule has 0 aromatic heterocycles. The van der Waals surface area contributed by atoms with Gasteiger partial charge < -0.3 is 10.2 Å². The lowest BCUT2D eigenvalue weighted by molar-refractivity contribution is 0.0789. The Morgan fingerprint density at radius 3 is 2.82 bits per heavy atom. The molecule has 1 aliphatic heterocycles. The maximum Gasteiger partial charge on any atom is 0.255 e. The van der Waals surface area contributed by atoms with Crippen molar-refractivity contribution in [1.82, 2.24) is 4.90 Å². The van der Waals surface area contributed by atoms with E-state index in [1.807, 2.05) is 37.1 Å². The minimum absolute atomic E-state index is 0.155. The molecule has 0 aliphatic carbocycles. The fourth-order valence-corrected chi connectivity index (χ4v) is 2.34. The van der Waals surface area contributed by atoms with E-state index in [9.17, 15) is 4.79 Å². The summed E-state index contributed by atoms with van der Waals surface area (Å²) in [5.74, 6) is 0.782. The van der Waals surface area contributed by atoms with Gasteiger partial charge in [-0.05, 0) is 31.4 Å². The van der Waals surface area contributed by atoms with Crippen LogP contribution in [0.5, 0.6) is 0 Å². The molecule has 1 aliphatic rings. The van der Waals surface area contributed by atoms with Crippen LogP contribution in [-0.2, 0) is 0 Å². The Labute approximate surface area is 103 Å². The van der Waals surface area contributed by atoms with E-state index in [4.69, 9.17) is 0 Å². The van der Waals surface area contributed by atoms with Crippen LogP contribution < -0.4 is 5.32 Å². The van der Waals surface area contributed by atoms with Gasteiger partial charge in [0.05, 0.1) is 5.56 Å². The maximum absolute atomic E-state index is 12.4. The van der Waals surface area contributed by atoms with Gasteiger partial charge in [-0.15, -0.1) is 0 Å². The molecule has 1 atom stereocenters. The van der Waals surface area contributed by atoms with Crippen LogP contribution >= 0.6 is 0 Å². The molecule has 3 nitrogen and oxygen atoms in total. The number of nitrogens with zero attached hydrogens (tertiary/aromatic N) is 1. The fraction of sp³-hybridized carbons (Fsp3) is 0.500. The minimum Gasteiger partial charge on any atom is -0.387 e. The Hall–Kier alpha value is -1.51. The van der Waals surface area contributed by atoms with Crippen LogP contribution in [0.25, 0.3) is 0 Å². The molecule has 1 heterocycles. The lowest BCUT2D eigenvalue weighted by Crippen LogP contribution is -2.29. The van der Waals surface area contributed by atoms with Crippen molar-refractivity contribution >= 4 is 11.6 Å². The number of anilines is 1. The number of rotatable bonds is 2. The molecule has 17 heavy (non-hydrogen) atoms. The van der Waals surface area contributed by atoms with Gasteiger partial charge in [-0.25, -0.2) is 0 Å². The summed E-state index contributed by atoms with van der Waals surface area (Å²) in [7, 11) is 1.86. The van der Waals surface area contributed by atoms with E-state index < -0.39 is 0 Å². The second kappa shape index (κ2) is 4.78. The minimum atomic E-state index is 0.155. The molecule has 1 amide bonds. The molecule has 1 N–H and O–H groups in total. The summed E-state index contributed by atoms with van der Waals surface area (Å²) < 4.78 is 0. The summed E-state index contributed by atoms with van der Waals surface area (Å²) in [5.41, 5.74) is 2.83. The third kappa shape index (κ3) is 2.43. The van der Waals surface area contributed by atoms with Crippen molar-refractivity contribution in [2.45, 2.75) is 20.3 Å². The van der Waals surface area contributed by atoms with Crippen molar-refractivity contribution in [2.24, 2.45) is 5.92 Å². The van der Waals surface area contributed by atoms with Crippen molar-refractivity contribution in [3.8, 4) is 0 Å². The molecule has 92 valence electrons. The molecule has 0 radical (unpaired) electrons. The number of aryl methyl sites for hydroxylation is 1. The highest BCUT2D eigenvalue weighted by atomic mass is 16.2. The van der Waals surface area contributed by atoms with Crippen molar-refractivity contribution < 1.29 is 4.79 Å². The first kappa shape index (κ1) is 12.0. The molecule has 1 aromatic rings. The zero-order valence-corrected chi connectivity index (χ0v) is 10.8. The van der Waals surface area contributed by atoms with Gasteiger partial charge >= 0.3 is 0 Å². The van der Waals surface area contributed by atoms with Crippen LogP contribution in [0.1, 0.15) is 29.3 Å². The first-order valence-corrected chi connectivity index (χ1v) is 6.19. The topological polar surface area (TPSA) is 32.3 Å². The van der Waals surface area contributed by atoms with E-state index in [-0.39, 0.29) is 5.91 Å². The van der Waals surface area contributed by atoms with Crippen LogP contribution in [-0.4, -0.2) is 30.9 Å². The first-order chi connectivity index (χ1) is 8.11. The Morgan fingerprint density at radius 2 is 2.24 bits per heavy atom. The van der Waals surface area contributed by atoms with Crippen LogP contribution in [0.4, 0.5) is 5.69 Å². The number of carbonyl (C=O) groups excluding carboxylic acids is 1. The van der Waals surface area contributed by atoms with Crippen molar-refractivity contribution in [3.05, 3.63) is 29.3 Å². The smallest absolute Gasteiger partial charge is 0.255 e. The Bertz CT molecular complexity index is 428. The second-order valence-corrected chi connectivity index (χ2v) is 4.94. The van der Waals surface area contributed by atoms with Crippen molar-refractivity contribution in [1.29, 1.82) is 0 Å². The molecular weight excluding hydrogens is 212 g/mol. The number of hydrogen-bond donors (Lipinski definition) is 1. The molecule has 0 bridgehead atoms. The highest BCUT2D eigenvalue weighted by molar-refractivity contribution is 6.00. The summed E-state index contributed by atoms with van der Waals surface area (Å²) in [5, 5.41) is 3.09. The quantitative estimate of drug-likeness (QED) is 0.849. The number of nitrogens with one attached hydrogen (secondary N) is 1. The highest BCUT2D eigenvalue weighted by Crippen LogP contribution is 2.23. The molecule has 0 spiro atoms. The van der Waals surface area contributed by atoms with E-state index in [2.05, 4.69) is 12.2 Å². The van der Waals surface area contributed by atoms with E-state index >= 15 is 0 Å². The van der Waals surface area contributed by atoms with Crippen molar-refractivity contribution in [2.75, 3.05) is 25.5 Å². The molecule has 1 aromatic carbocycles. The Balaban J connectivity index is 2.26. The predicted molar refractivity (Wildman–Crippen MR) is 70.4 cm³/mol. The van der Waals surface area contributed by atoms with Gasteiger partial charge in [0, 0.05) is 25.8 Å². The van der Waals surface area contributed by atoms with E-state index in [1.54, 1.807) is 0 Å². The number of hydrogen-bond acceptors (Lipinski definition) is 2. The SMILES string of the molecule is CNc1ccc(C)cc1C(=O)N1CCC(C)C1. The zero-order valence-electron chi connectivity index (χ0n) is 10.8. The Morgan fingerprint density at radius 1 is 1.47 bits per heavy atom. The average molecular weight is 232 g/mol. The van der Waals surface area contributed by atoms with Gasteiger partial charge in [0.15, 0.2) is 0 Å². The van der Waals surface area contributed by atoms with Gasteiger partial charge in [0.25, 0.3) is 5.91 Å². The lowest BCUT2D eigenvalue weighted by atomic mass is 10.1. The largest absolute Gasteiger partial charge is 0.387 e. The summed E-state index contributed by atoms with van der Waals surface area (Å²) in [6.45, 7) is 5.98. The van der Waals surface area contributed by atoms with Gasteiger partial charge in [-0.2, -0.15) is 0 Å². The zero-order chi connectivity index (χ0) is 12.4. The molecular formula is C14H20N2O. The van der Waals surface area contributed by atoms with E-state index in [0.29, 0.717) is 5.92 Å². The summed E-state index contributed by atoms with van der Waals surface area (Å²) in [4.78, 5) is 14.4. The van der Waals surface area contributed by atoms with Gasteiger partial charge in [-0.1, -0.05) is 18.6 Å². The molecule has 0 saturated carbocycles. The van der Waals surface area contributed by atoms with Crippen LogP contribution in [0, 0.1) is 12.8 Å². The average Bonchev–Trinajstić information content (AvgIpc) is 2.75. The van der Waals surface area contributed by atoms with Gasteiger partial charge in [-0.3, -0.25) is 4.79 Å². The third-order valence-electron chi connectivity index (χ3n) is 3.39. The number of amides is 1. The number of benzene rings is 1. The number of carbonyl (C=O) groups is 1. The second-order valence-electron chi connectivity index (χ2n) is 4.94. The van der Waals surface area contributed by atoms with Crippen molar-refractivity contribution in [3.63, 3.8) is 0 Å². The standard InChI is InChI=1S/C14H20N2O/c1-10-4-5-13(15-3)12(8-10)14(17)16-7-6-11(2)9-16/h4-5,8,11,15H,6-7,9H2,1-3H3. The normalized spacial score (nSPS) is 19.5. The van der Waals surface area contributed by atoms with E-state index in [0.717, 1.165) is 36.3 Å². The molecule has 3 heteroatoms. The summed E-state index contributed by atoms with van der Waals surface area (Å²) in [6, 6.07) is 5.97. The fourth-order valence-electron chi connectivity index (χ4n) is 2.34. The summed E-state index contributed by atoms with van der Waals surface area (Å²) in [6.07, 6.45) is 1.12. The first-order valence-electron chi connectivity index (χ1n) is 6.19. The molecule has 2 rings (SSSR count). The van der Waals surface area contributed by atoms with Crippen LogP contribution in [0.15, 0.2) is 18.2 Å². The van der Waals surface area contributed by atoms with Crippen LogP contribution in [0.2, 0.25) is 0 Å². The highest BCUT2D eigenvalue weighted by Gasteiger charge is 2.25. The Kier molecular flexibility index (Phi) is 3.36. The maximum atomic E-state index is 12.4. The molecule has 1 fully saturated rings. The lowest BCUT2D eigenvalue weighted by Gasteiger charge is -2.18. The molecule has 1 saturated heterocycles. The van der Waals surface area contributed by atoms with E-state index in [1.165, 1.54) is 0 Å². The van der Waals surface area contributed by atoms with Gasteiger partial charge in [0.1, 0.15) is 0 Å². The van der Waals surface area contributed by atoms with Crippen LogP contribution in [0.3, 0.4) is 0 Å². The number of likely N-dealkylation sites (tertiary alicyclic amines) is 1. The van der Waals surface area contributed by atoms with Gasteiger partial charge in [0.2, 0.25) is 0 Å².